The highest BCUT2D eigenvalue weighted by Gasteiger charge is 2.08. The first kappa shape index (κ1) is 16.9. The molecular weight excluding hydrogens is 338 g/mol. The van der Waals surface area contributed by atoms with Crippen LogP contribution in [0.1, 0.15) is 11.3 Å². The predicted octanol–water partition coefficient (Wildman–Crippen LogP) is 2.83. The van der Waals surface area contributed by atoms with E-state index in [0.717, 1.165) is 16.9 Å². The first-order chi connectivity index (χ1) is 12.0. The Kier molecular flexibility index (Phi) is 4.95. The second kappa shape index (κ2) is 7.31. The van der Waals surface area contributed by atoms with Gasteiger partial charge in [0, 0.05) is 6.26 Å². The maximum Gasteiger partial charge on any atom is 0.175 e. The van der Waals surface area contributed by atoms with Gasteiger partial charge in [-0.1, -0.05) is 35.5 Å². The summed E-state index contributed by atoms with van der Waals surface area (Å²) < 4.78 is 24.7. The zero-order valence-corrected chi connectivity index (χ0v) is 14.4. The van der Waals surface area contributed by atoms with E-state index in [9.17, 15) is 8.42 Å². The highest BCUT2D eigenvalue weighted by molar-refractivity contribution is 7.90. The minimum absolute atomic E-state index is 0.268. The Labute approximate surface area is 146 Å². The molecule has 2 aromatic carbocycles. The molecule has 0 unspecified atom stereocenters. The molecule has 0 saturated heterocycles. The molecule has 3 rings (SSSR count). The van der Waals surface area contributed by atoms with Gasteiger partial charge in [-0.25, -0.2) is 13.1 Å². The van der Waals surface area contributed by atoms with Crippen molar-refractivity contribution < 1.29 is 13.3 Å². The molecule has 0 fully saturated rings. The van der Waals surface area contributed by atoms with Gasteiger partial charge in [-0.15, -0.1) is 0 Å². The summed E-state index contributed by atoms with van der Waals surface area (Å²) in [6, 6.07) is 18.1. The van der Waals surface area contributed by atoms with Crippen molar-refractivity contribution in [3.05, 3.63) is 78.1 Å². The lowest BCUT2D eigenvalue weighted by atomic mass is 10.2. The average molecular weight is 355 g/mol. The summed E-state index contributed by atoms with van der Waals surface area (Å²) in [5.74, 6) is 0. The lowest BCUT2D eigenvalue weighted by molar-refractivity contribution is 0.132. The predicted molar refractivity (Wildman–Crippen MR) is 95.5 cm³/mol. The van der Waals surface area contributed by atoms with E-state index < -0.39 is 9.84 Å². The van der Waals surface area contributed by atoms with Crippen LogP contribution in [-0.2, 0) is 21.3 Å². The first-order valence-electron chi connectivity index (χ1n) is 7.58. The standard InChI is InChI=1S/C18H17N3O3S/c1-25(22,23)18-9-7-16(8-10-18)21-17(11-12-19-21)13-20-24-14-15-5-3-2-4-6-15/h2-13H,14H2,1H3/b20-13+. The summed E-state index contributed by atoms with van der Waals surface area (Å²) >= 11 is 0. The van der Waals surface area contributed by atoms with Crippen LogP contribution in [0.5, 0.6) is 0 Å². The number of hydrogen-bond donors (Lipinski definition) is 0. The minimum Gasteiger partial charge on any atom is -0.391 e. The summed E-state index contributed by atoms with van der Waals surface area (Å²) in [7, 11) is -3.22. The van der Waals surface area contributed by atoms with E-state index in [1.165, 1.54) is 6.26 Å². The normalized spacial score (nSPS) is 11.7. The van der Waals surface area contributed by atoms with Crippen molar-refractivity contribution >= 4 is 16.1 Å². The molecule has 0 radical (unpaired) electrons. The quantitative estimate of drug-likeness (QED) is 0.503. The van der Waals surface area contributed by atoms with E-state index >= 15 is 0 Å². The second-order valence-corrected chi connectivity index (χ2v) is 7.44. The van der Waals surface area contributed by atoms with Crippen LogP contribution in [-0.4, -0.2) is 30.7 Å². The van der Waals surface area contributed by atoms with Crippen LogP contribution in [0.15, 0.2) is 76.9 Å². The summed E-state index contributed by atoms with van der Waals surface area (Å²) in [6.45, 7) is 0.383. The molecule has 0 atom stereocenters. The summed E-state index contributed by atoms with van der Waals surface area (Å²) in [6.07, 6.45) is 4.39. The summed E-state index contributed by atoms with van der Waals surface area (Å²) in [5.41, 5.74) is 2.49. The van der Waals surface area contributed by atoms with Gasteiger partial charge in [-0.3, -0.25) is 0 Å². The van der Waals surface area contributed by atoms with Crippen molar-refractivity contribution in [1.29, 1.82) is 0 Å². The van der Waals surface area contributed by atoms with Gasteiger partial charge in [0.05, 0.1) is 28.7 Å². The van der Waals surface area contributed by atoms with E-state index in [2.05, 4.69) is 10.3 Å². The largest absolute Gasteiger partial charge is 0.391 e. The molecule has 0 spiro atoms. The Morgan fingerprint density at radius 1 is 1.08 bits per heavy atom. The molecule has 1 aromatic heterocycles. The summed E-state index contributed by atoms with van der Waals surface area (Å²) in [4.78, 5) is 5.57. The number of benzene rings is 2. The molecule has 0 amide bonds. The van der Waals surface area contributed by atoms with Crippen molar-refractivity contribution in [2.45, 2.75) is 11.5 Å². The molecule has 0 aliphatic rings. The monoisotopic (exact) mass is 355 g/mol. The number of hydrogen-bond acceptors (Lipinski definition) is 5. The van der Waals surface area contributed by atoms with E-state index in [1.54, 1.807) is 47.4 Å². The van der Waals surface area contributed by atoms with Gasteiger partial charge in [0.1, 0.15) is 6.61 Å². The minimum atomic E-state index is -3.22. The molecule has 7 heteroatoms. The van der Waals surface area contributed by atoms with Crippen molar-refractivity contribution in [3.63, 3.8) is 0 Å². The first-order valence-corrected chi connectivity index (χ1v) is 9.47. The number of sulfone groups is 1. The van der Waals surface area contributed by atoms with E-state index in [4.69, 9.17) is 4.84 Å². The molecule has 0 aliphatic carbocycles. The Morgan fingerprint density at radius 3 is 2.48 bits per heavy atom. The van der Waals surface area contributed by atoms with E-state index in [0.29, 0.717) is 6.61 Å². The maximum atomic E-state index is 11.5. The topological polar surface area (TPSA) is 73.5 Å². The third kappa shape index (κ3) is 4.33. The van der Waals surface area contributed by atoms with Crippen LogP contribution >= 0.6 is 0 Å². The second-order valence-electron chi connectivity index (χ2n) is 5.43. The highest BCUT2D eigenvalue weighted by Crippen LogP contribution is 2.14. The van der Waals surface area contributed by atoms with Crippen molar-refractivity contribution in [3.8, 4) is 5.69 Å². The van der Waals surface area contributed by atoms with Crippen molar-refractivity contribution in [2.24, 2.45) is 5.16 Å². The van der Waals surface area contributed by atoms with Crippen LogP contribution < -0.4 is 0 Å². The molecule has 0 N–H and O–H groups in total. The van der Waals surface area contributed by atoms with Crippen LogP contribution in [0.2, 0.25) is 0 Å². The van der Waals surface area contributed by atoms with Gasteiger partial charge in [0.2, 0.25) is 0 Å². The smallest absolute Gasteiger partial charge is 0.175 e. The SMILES string of the molecule is CS(=O)(=O)c1ccc(-n2nccc2/C=N/OCc2ccccc2)cc1. The Bertz CT molecular complexity index is 962. The molecule has 0 bridgehead atoms. The fourth-order valence-electron chi connectivity index (χ4n) is 2.24. The molecular formula is C18H17N3O3S. The highest BCUT2D eigenvalue weighted by atomic mass is 32.2. The lowest BCUT2D eigenvalue weighted by Crippen LogP contribution is -2.03. The van der Waals surface area contributed by atoms with Crippen LogP contribution in [0.4, 0.5) is 0 Å². The van der Waals surface area contributed by atoms with Crippen molar-refractivity contribution in [2.75, 3.05) is 6.26 Å². The zero-order chi connectivity index (χ0) is 17.7. The molecule has 6 nitrogen and oxygen atoms in total. The van der Waals surface area contributed by atoms with Gasteiger partial charge in [0.15, 0.2) is 9.84 Å². The molecule has 0 saturated carbocycles. The Morgan fingerprint density at radius 2 is 1.80 bits per heavy atom. The van der Waals surface area contributed by atoms with Gasteiger partial charge in [-0.2, -0.15) is 5.10 Å². The van der Waals surface area contributed by atoms with Gasteiger partial charge < -0.3 is 4.84 Å². The van der Waals surface area contributed by atoms with Gasteiger partial charge in [0.25, 0.3) is 0 Å². The molecule has 0 aliphatic heterocycles. The number of aromatic nitrogens is 2. The number of nitrogens with zero attached hydrogens (tertiary/aromatic N) is 3. The molecule has 25 heavy (non-hydrogen) atoms. The fraction of sp³-hybridized carbons (Fsp3) is 0.111. The van der Waals surface area contributed by atoms with Crippen LogP contribution in [0, 0.1) is 0 Å². The third-order valence-electron chi connectivity index (χ3n) is 3.51. The zero-order valence-electron chi connectivity index (χ0n) is 13.6. The molecule has 128 valence electrons. The molecule has 3 aromatic rings. The van der Waals surface area contributed by atoms with Gasteiger partial charge in [-0.05, 0) is 35.9 Å². The lowest BCUT2D eigenvalue weighted by Gasteiger charge is -2.05. The molecule has 1 heterocycles. The van der Waals surface area contributed by atoms with Crippen LogP contribution in [0.25, 0.3) is 5.69 Å². The number of rotatable bonds is 6. The fourth-order valence-corrected chi connectivity index (χ4v) is 2.87. The maximum absolute atomic E-state index is 11.5. The number of oxime groups is 1. The van der Waals surface area contributed by atoms with Crippen molar-refractivity contribution in [1.82, 2.24) is 9.78 Å². The van der Waals surface area contributed by atoms with E-state index in [-0.39, 0.29) is 4.90 Å². The van der Waals surface area contributed by atoms with Gasteiger partial charge >= 0.3 is 0 Å². The Hall–Kier alpha value is -2.93. The Balaban J connectivity index is 1.71. The van der Waals surface area contributed by atoms with Crippen LogP contribution in [0.3, 0.4) is 0 Å². The average Bonchev–Trinajstić information content (AvgIpc) is 3.07. The van der Waals surface area contributed by atoms with E-state index in [1.807, 2.05) is 30.3 Å². The third-order valence-corrected chi connectivity index (χ3v) is 4.64. The summed E-state index contributed by atoms with van der Waals surface area (Å²) in [5, 5.41) is 8.21.